The van der Waals surface area contributed by atoms with E-state index in [-0.39, 0.29) is 11.9 Å². The van der Waals surface area contributed by atoms with E-state index in [1.807, 2.05) is 11.0 Å². The summed E-state index contributed by atoms with van der Waals surface area (Å²) in [7, 11) is 1.58. The van der Waals surface area contributed by atoms with Gasteiger partial charge in [0.15, 0.2) is 0 Å². The average Bonchev–Trinajstić information content (AvgIpc) is 2.87. The Morgan fingerprint density at radius 2 is 1.93 bits per heavy atom. The van der Waals surface area contributed by atoms with Gasteiger partial charge in [0.1, 0.15) is 17.7 Å². The van der Waals surface area contributed by atoms with Gasteiger partial charge in [-0.2, -0.15) is 0 Å². The number of rotatable bonds is 6. The smallest absolute Gasteiger partial charge is 0.327 e. The highest BCUT2D eigenvalue weighted by Gasteiger charge is 2.58. The minimum atomic E-state index is -0.710. The van der Waals surface area contributed by atoms with E-state index in [0.717, 1.165) is 18.7 Å². The molecular weight excluding hydrogens is 370 g/mol. The number of aromatic nitrogens is 2. The number of hydrogen-bond acceptors (Lipinski definition) is 6. The normalized spacial score (nSPS) is 22.0. The third-order valence-corrected chi connectivity index (χ3v) is 6.59. The first-order valence-electron chi connectivity index (χ1n) is 10.7. The maximum atomic E-state index is 13.5. The van der Waals surface area contributed by atoms with E-state index in [0.29, 0.717) is 56.7 Å². The van der Waals surface area contributed by atoms with Gasteiger partial charge in [-0.3, -0.25) is 9.69 Å². The fourth-order valence-electron chi connectivity index (χ4n) is 4.70. The standard InChI is InChI=1S/C21H31N5O3/c1-15(2)12-26-20(28)25(13-16-5-4-6-16)19(27)21(26)7-9-24(10-8-21)17-11-18(29-3)23-14-22-17/h11,14-16H,4-10,12-13H2,1-3H3. The summed E-state index contributed by atoms with van der Waals surface area (Å²) in [6.45, 7) is 6.74. The Balaban J connectivity index is 1.54. The van der Waals surface area contributed by atoms with Crippen molar-refractivity contribution in [1.29, 1.82) is 0 Å². The number of nitrogens with zero attached hydrogens (tertiary/aromatic N) is 5. The van der Waals surface area contributed by atoms with Gasteiger partial charge < -0.3 is 14.5 Å². The molecule has 8 nitrogen and oxygen atoms in total. The number of methoxy groups -OCH3 is 1. The second-order valence-electron chi connectivity index (χ2n) is 8.94. The van der Waals surface area contributed by atoms with Gasteiger partial charge in [0, 0.05) is 32.2 Å². The van der Waals surface area contributed by atoms with Crippen LogP contribution in [0.25, 0.3) is 0 Å². The number of hydrogen-bond donors (Lipinski definition) is 0. The molecule has 0 aromatic carbocycles. The van der Waals surface area contributed by atoms with Gasteiger partial charge in [0.05, 0.1) is 7.11 Å². The minimum absolute atomic E-state index is 0.00923. The van der Waals surface area contributed by atoms with Crippen LogP contribution in [0, 0.1) is 11.8 Å². The molecule has 8 heteroatoms. The first-order valence-corrected chi connectivity index (χ1v) is 10.7. The molecule has 0 unspecified atom stereocenters. The first kappa shape index (κ1) is 19.9. The van der Waals surface area contributed by atoms with Crippen LogP contribution in [-0.4, -0.2) is 70.5 Å². The Kier molecular flexibility index (Phi) is 5.36. The van der Waals surface area contributed by atoms with Crippen molar-refractivity contribution in [2.24, 2.45) is 11.8 Å². The van der Waals surface area contributed by atoms with Crippen LogP contribution in [0.4, 0.5) is 10.6 Å². The molecule has 2 aliphatic heterocycles. The van der Waals surface area contributed by atoms with Gasteiger partial charge in [-0.25, -0.2) is 14.8 Å². The van der Waals surface area contributed by atoms with Crippen molar-refractivity contribution in [3.8, 4) is 5.88 Å². The lowest BCUT2D eigenvalue weighted by Gasteiger charge is -2.43. The number of carbonyl (C=O) groups excluding carboxylic acids is 2. The van der Waals surface area contributed by atoms with Gasteiger partial charge in [0.25, 0.3) is 5.91 Å². The molecule has 3 fully saturated rings. The second-order valence-corrected chi connectivity index (χ2v) is 8.94. The van der Waals surface area contributed by atoms with Crippen LogP contribution in [0.2, 0.25) is 0 Å². The van der Waals surface area contributed by atoms with Gasteiger partial charge in [0.2, 0.25) is 5.88 Å². The summed E-state index contributed by atoms with van der Waals surface area (Å²) in [5.41, 5.74) is -0.710. The van der Waals surface area contributed by atoms with Crippen molar-refractivity contribution in [2.45, 2.75) is 51.5 Å². The summed E-state index contributed by atoms with van der Waals surface area (Å²) >= 11 is 0. The van der Waals surface area contributed by atoms with E-state index in [9.17, 15) is 9.59 Å². The molecule has 0 bridgehead atoms. The number of imide groups is 1. The molecule has 4 rings (SSSR count). The molecule has 2 saturated heterocycles. The van der Waals surface area contributed by atoms with E-state index >= 15 is 0 Å². The topological polar surface area (TPSA) is 78.9 Å². The van der Waals surface area contributed by atoms with Gasteiger partial charge in [-0.15, -0.1) is 0 Å². The molecule has 0 radical (unpaired) electrons. The van der Waals surface area contributed by atoms with Crippen LogP contribution < -0.4 is 9.64 Å². The molecule has 0 atom stereocenters. The van der Waals surface area contributed by atoms with Gasteiger partial charge in [-0.05, 0) is 37.5 Å². The maximum Gasteiger partial charge on any atom is 0.327 e. The van der Waals surface area contributed by atoms with Gasteiger partial charge >= 0.3 is 6.03 Å². The third kappa shape index (κ3) is 3.53. The van der Waals surface area contributed by atoms with Crippen LogP contribution in [0.15, 0.2) is 12.4 Å². The van der Waals surface area contributed by atoms with Crippen molar-refractivity contribution < 1.29 is 14.3 Å². The zero-order valence-electron chi connectivity index (χ0n) is 17.6. The molecule has 1 aromatic heterocycles. The molecule has 1 spiro atoms. The van der Waals surface area contributed by atoms with Crippen molar-refractivity contribution in [3.63, 3.8) is 0 Å². The van der Waals surface area contributed by atoms with Crippen molar-refractivity contribution in [3.05, 3.63) is 12.4 Å². The van der Waals surface area contributed by atoms with E-state index in [1.54, 1.807) is 12.0 Å². The molecule has 3 heterocycles. The first-order chi connectivity index (χ1) is 13.9. The molecular formula is C21H31N5O3. The van der Waals surface area contributed by atoms with E-state index < -0.39 is 5.54 Å². The van der Waals surface area contributed by atoms with Crippen molar-refractivity contribution in [1.82, 2.24) is 19.8 Å². The molecule has 1 saturated carbocycles. The lowest BCUT2D eigenvalue weighted by Crippen LogP contribution is -2.57. The monoisotopic (exact) mass is 401 g/mol. The van der Waals surface area contributed by atoms with Crippen molar-refractivity contribution in [2.75, 3.05) is 38.2 Å². The summed E-state index contributed by atoms with van der Waals surface area (Å²) in [5.74, 6) is 2.12. The predicted molar refractivity (Wildman–Crippen MR) is 109 cm³/mol. The number of urea groups is 1. The number of piperidine rings is 1. The summed E-state index contributed by atoms with van der Waals surface area (Å²) in [4.78, 5) is 40.7. The van der Waals surface area contributed by atoms with Crippen LogP contribution >= 0.6 is 0 Å². The fraction of sp³-hybridized carbons (Fsp3) is 0.714. The van der Waals surface area contributed by atoms with E-state index in [1.165, 1.54) is 12.7 Å². The van der Waals surface area contributed by atoms with Crippen molar-refractivity contribution >= 4 is 17.8 Å². The zero-order valence-corrected chi connectivity index (χ0v) is 17.6. The molecule has 3 amide bonds. The lowest BCUT2D eigenvalue weighted by atomic mass is 9.83. The SMILES string of the molecule is COc1cc(N2CCC3(CC2)C(=O)N(CC2CCC2)C(=O)N3CC(C)C)ncn1. The van der Waals surface area contributed by atoms with E-state index in [2.05, 4.69) is 28.7 Å². The highest BCUT2D eigenvalue weighted by atomic mass is 16.5. The Labute approximate surface area is 172 Å². The molecule has 29 heavy (non-hydrogen) atoms. The molecule has 1 aliphatic carbocycles. The second kappa shape index (κ2) is 7.80. The summed E-state index contributed by atoms with van der Waals surface area (Å²) < 4.78 is 5.21. The van der Waals surface area contributed by atoms with Gasteiger partial charge in [-0.1, -0.05) is 20.3 Å². The Morgan fingerprint density at radius 1 is 1.21 bits per heavy atom. The largest absolute Gasteiger partial charge is 0.481 e. The third-order valence-electron chi connectivity index (χ3n) is 6.59. The van der Waals surface area contributed by atoms with Crippen LogP contribution in [-0.2, 0) is 4.79 Å². The number of ether oxygens (including phenoxy) is 1. The van der Waals surface area contributed by atoms with Crippen LogP contribution in [0.5, 0.6) is 5.88 Å². The summed E-state index contributed by atoms with van der Waals surface area (Å²) in [5, 5.41) is 0. The fourth-order valence-corrected chi connectivity index (χ4v) is 4.70. The number of carbonyl (C=O) groups is 2. The number of amides is 3. The Morgan fingerprint density at radius 3 is 2.52 bits per heavy atom. The number of anilines is 1. The molecule has 3 aliphatic rings. The highest BCUT2D eigenvalue weighted by molar-refractivity contribution is 6.07. The minimum Gasteiger partial charge on any atom is -0.481 e. The maximum absolute atomic E-state index is 13.5. The quantitative estimate of drug-likeness (QED) is 0.682. The Hall–Kier alpha value is -2.38. The molecule has 158 valence electrons. The molecule has 0 N–H and O–H groups in total. The zero-order chi connectivity index (χ0) is 20.6. The predicted octanol–water partition coefficient (Wildman–Crippen LogP) is 2.54. The Bertz CT molecular complexity index is 771. The van der Waals surface area contributed by atoms with E-state index in [4.69, 9.17) is 4.74 Å². The van der Waals surface area contributed by atoms with Crippen LogP contribution in [0.3, 0.4) is 0 Å². The molecule has 1 aromatic rings. The van der Waals surface area contributed by atoms with Crippen LogP contribution in [0.1, 0.15) is 46.0 Å². The highest BCUT2D eigenvalue weighted by Crippen LogP contribution is 2.40. The summed E-state index contributed by atoms with van der Waals surface area (Å²) in [6.07, 6.45) is 6.19. The average molecular weight is 402 g/mol. The summed E-state index contributed by atoms with van der Waals surface area (Å²) in [6, 6.07) is 1.72. The lowest BCUT2D eigenvalue weighted by molar-refractivity contribution is -0.135.